The van der Waals surface area contributed by atoms with Gasteiger partial charge in [-0.1, -0.05) is 0 Å². The number of hydrogen-bond donors (Lipinski definition) is 2. The van der Waals surface area contributed by atoms with E-state index in [4.69, 9.17) is 4.42 Å². The molecule has 0 saturated heterocycles. The second-order valence-corrected chi connectivity index (χ2v) is 4.64. The molecule has 0 unspecified atom stereocenters. The second-order valence-electron chi connectivity index (χ2n) is 4.64. The number of benzene rings is 1. The molecular formula is C15H13N3O4. The average molecular weight is 299 g/mol. The van der Waals surface area contributed by atoms with Gasteiger partial charge in [-0.2, -0.15) is 5.10 Å². The number of aromatic amines is 1. The van der Waals surface area contributed by atoms with E-state index in [0.29, 0.717) is 11.3 Å². The van der Waals surface area contributed by atoms with Gasteiger partial charge in [0.2, 0.25) is 0 Å². The maximum absolute atomic E-state index is 12.3. The first-order valence-electron chi connectivity index (χ1n) is 6.55. The first-order chi connectivity index (χ1) is 10.7. The number of methoxy groups -OCH3 is 1. The zero-order valence-corrected chi connectivity index (χ0v) is 11.8. The smallest absolute Gasteiger partial charge is 0.313 e. The van der Waals surface area contributed by atoms with Crippen molar-refractivity contribution in [2.24, 2.45) is 0 Å². The van der Waals surface area contributed by atoms with E-state index in [0.717, 1.165) is 10.9 Å². The predicted molar refractivity (Wildman–Crippen MR) is 78.5 cm³/mol. The molecule has 0 bridgehead atoms. The molecule has 0 spiro atoms. The zero-order valence-electron chi connectivity index (χ0n) is 11.8. The standard InChI is InChI=1S/C15H13N3O4/c1-21-14(19)7-13-11(4-5-22-13)15(20)17-10-2-3-12-9(6-10)8-16-18-12/h2-6,8H,7H2,1H3,(H,16,18)(H,17,20). The molecule has 22 heavy (non-hydrogen) atoms. The van der Waals surface area contributed by atoms with Gasteiger partial charge in [-0.15, -0.1) is 0 Å². The highest BCUT2D eigenvalue weighted by molar-refractivity contribution is 6.06. The van der Waals surface area contributed by atoms with E-state index >= 15 is 0 Å². The highest BCUT2D eigenvalue weighted by Gasteiger charge is 2.18. The number of nitrogens with zero attached hydrogens (tertiary/aromatic N) is 1. The summed E-state index contributed by atoms with van der Waals surface area (Å²) < 4.78 is 9.75. The molecule has 3 rings (SSSR count). The summed E-state index contributed by atoms with van der Waals surface area (Å²) in [5.74, 6) is -0.548. The SMILES string of the molecule is COC(=O)Cc1occc1C(=O)Nc1ccc2[nH]ncc2c1. The Kier molecular flexibility index (Phi) is 3.61. The highest BCUT2D eigenvalue weighted by Crippen LogP contribution is 2.19. The predicted octanol–water partition coefficient (Wildman–Crippen LogP) is 2.12. The van der Waals surface area contributed by atoms with Crippen LogP contribution in [0.1, 0.15) is 16.1 Å². The fourth-order valence-electron chi connectivity index (χ4n) is 2.10. The fourth-order valence-corrected chi connectivity index (χ4v) is 2.10. The minimum absolute atomic E-state index is 0.0903. The lowest BCUT2D eigenvalue weighted by Gasteiger charge is -2.05. The lowest BCUT2D eigenvalue weighted by molar-refractivity contribution is -0.140. The molecule has 2 heterocycles. The van der Waals surface area contributed by atoms with Crippen LogP contribution in [-0.2, 0) is 16.0 Å². The van der Waals surface area contributed by atoms with Crippen LogP contribution in [0.25, 0.3) is 10.9 Å². The third kappa shape index (κ3) is 2.69. The van der Waals surface area contributed by atoms with Crippen molar-refractivity contribution >= 4 is 28.5 Å². The molecule has 0 fully saturated rings. The van der Waals surface area contributed by atoms with Crippen LogP contribution >= 0.6 is 0 Å². The van der Waals surface area contributed by atoms with E-state index in [2.05, 4.69) is 20.3 Å². The minimum Gasteiger partial charge on any atom is -0.469 e. The van der Waals surface area contributed by atoms with E-state index in [-0.39, 0.29) is 18.1 Å². The number of nitrogens with one attached hydrogen (secondary N) is 2. The van der Waals surface area contributed by atoms with Crippen LogP contribution < -0.4 is 5.32 Å². The van der Waals surface area contributed by atoms with Crippen LogP contribution in [0.3, 0.4) is 0 Å². The van der Waals surface area contributed by atoms with Gasteiger partial charge in [-0.3, -0.25) is 14.7 Å². The van der Waals surface area contributed by atoms with Crippen LogP contribution in [0.2, 0.25) is 0 Å². The van der Waals surface area contributed by atoms with Crippen LogP contribution in [-0.4, -0.2) is 29.2 Å². The van der Waals surface area contributed by atoms with Crippen LogP contribution in [0.4, 0.5) is 5.69 Å². The summed E-state index contributed by atoms with van der Waals surface area (Å²) >= 11 is 0. The Balaban J connectivity index is 1.79. The van der Waals surface area contributed by atoms with Gasteiger partial charge in [0.05, 0.1) is 30.6 Å². The van der Waals surface area contributed by atoms with E-state index in [9.17, 15) is 9.59 Å². The normalized spacial score (nSPS) is 10.6. The molecule has 0 radical (unpaired) electrons. The first-order valence-corrected chi connectivity index (χ1v) is 6.55. The Bertz CT molecular complexity index is 834. The third-order valence-electron chi connectivity index (χ3n) is 3.22. The Labute approximate surface area is 125 Å². The molecule has 1 aromatic carbocycles. The quantitative estimate of drug-likeness (QED) is 0.719. The topological polar surface area (TPSA) is 97.2 Å². The fraction of sp³-hybridized carbons (Fsp3) is 0.133. The number of carbonyl (C=O) groups excluding carboxylic acids is 2. The molecule has 0 aliphatic heterocycles. The Morgan fingerprint density at radius 3 is 3.05 bits per heavy atom. The number of fused-ring (bicyclic) bond motifs is 1. The maximum atomic E-state index is 12.3. The van der Waals surface area contributed by atoms with Crippen molar-refractivity contribution in [3.63, 3.8) is 0 Å². The molecule has 112 valence electrons. The molecule has 7 heteroatoms. The van der Waals surface area contributed by atoms with Crippen molar-refractivity contribution in [2.45, 2.75) is 6.42 Å². The molecule has 1 amide bonds. The monoisotopic (exact) mass is 299 g/mol. The number of carbonyl (C=O) groups is 2. The summed E-state index contributed by atoms with van der Waals surface area (Å²) in [5, 5.41) is 10.4. The van der Waals surface area contributed by atoms with Crippen LogP contribution in [0.5, 0.6) is 0 Å². The molecule has 2 aromatic heterocycles. The number of anilines is 1. The minimum atomic E-state index is -0.469. The van der Waals surface area contributed by atoms with Crippen molar-refractivity contribution in [1.29, 1.82) is 0 Å². The molecule has 7 nitrogen and oxygen atoms in total. The average Bonchev–Trinajstić information content (AvgIpc) is 3.15. The lowest BCUT2D eigenvalue weighted by atomic mass is 10.1. The van der Waals surface area contributed by atoms with Crippen molar-refractivity contribution in [1.82, 2.24) is 10.2 Å². The molecule has 0 saturated carbocycles. The Morgan fingerprint density at radius 2 is 2.23 bits per heavy atom. The number of H-pyrrole nitrogens is 1. The summed E-state index contributed by atoms with van der Waals surface area (Å²) in [6.45, 7) is 0. The maximum Gasteiger partial charge on any atom is 0.313 e. The third-order valence-corrected chi connectivity index (χ3v) is 3.22. The summed E-state index contributed by atoms with van der Waals surface area (Å²) in [4.78, 5) is 23.6. The molecule has 0 aliphatic carbocycles. The largest absolute Gasteiger partial charge is 0.469 e. The Morgan fingerprint density at radius 1 is 1.36 bits per heavy atom. The first kappa shape index (κ1) is 13.9. The van der Waals surface area contributed by atoms with Crippen molar-refractivity contribution in [2.75, 3.05) is 12.4 Å². The van der Waals surface area contributed by atoms with Gasteiger partial charge >= 0.3 is 5.97 Å². The van der Waals surface area contributed by atoms with Gasteiger partial charge in [0.1, 0.15) is 12.2 Å². The van der Waals surface area contributed by atoms with Crippen molar-refractivity contribution in [3.8, 4) is 0 Å². The van der Waals surface area contributed by atoms with E-state index in [1.165, 1.54) is 19.4 Å². The van der Waals surface area contributed by atoms with Gasteiger partial charge in [0, 0.05) is 11.1 Å². The molecule has 0 atom stereocenters. The van der Waals surface area contributed by atoms with Crippen molar-refractivity contribution in [3.05, 3.63) is 48.0 Å². The van der Waals surface area contributed by atoms with Gasteiger partial charge in [-0.25, -0.2) is 0 Å². The Hall–Kier alpha value is -3.09. The number of amides is 1. The summed E-state index contributed by atoms with van der Waals surface area (Å²) in [7, 11) is 1.28. The number of hydrogen-bond acceptors (Lipinski definition) is 5. The van der Waals surface area contributed by atoms with Gasteiger partial charge in [-0.05, 0) is 24.3 Å². The second kappa shape index (κ2) is 5.72. The number of aromatic nitrogens is 2. The van der Waals surface area contributed by atoms with Crippen LogP contribution in [0.15, 0.2) is 41.1 Å². The summed E-state index contributed by atoms with van der Waals surface area (Å²) in [6, 6.07) is 6.90. The van der Waals surface area contributed by atoms with Gasteiger partial charge < -0.3 is 14.5 Å². The van der Waals surface area contributed by atoms with Gasteiger partial charge in [0.25, 0.3) is 5.91 Å². The highest BCUT2D eigenvalue weighted by atomic mass is 16.5. The van der Waals surface area contributed by atoms with Crippen molar-refractivity contribution < 1.29 is 18.7 Å². The van der Waals surface area contributed by atoms with Crippen LogP contribution in [0, 0.1) is 0 Å². The number of furan rings is 1. The summed E-state index contributed by atoms with van der Waals surface area (Å²) in [5.41, 5.74) is 1.81. The molecule has 3 aromatic rings. The zero-order chi connectivity index (χ0) is 15.5. The molecule has 0 aliphatic rings. The van der Waals surface area contributed by atoms with E-state index in [1.807, 2.05) is 6.07 Å². The summed E-state index contributed by atoms with van der Waals surface area (Å²) in [6.07, 6.45) is 2.95. The number of ether oxygens (including phenoxy) is 1. The van der Waals surface area contributed by atoms with E-state index in [1.54, 1.807) is 18.3 Å². The number of esters is 1. The van der Waals surface area contributed by atoms with Gasteiger partial charge in [0.15, 0.2) is 0 Å². The lowest BCUT2D eigenvalue weighted by Crippen LogP contribution is -2.14. The molecule has 2 N–H and O–H groups in total. The van der Waals surface area contributed by atoms with E-state index < -0.39 is 5.97 Å². The molecular weight excluding hydrogens is 286 g/mol. The number of rotatable bonds is 4.